The molecule has 22 heavy (non-hydrogen) atoms. The van der Waals surface area contributed by atoms with Crippen molar-refractivity contribution in [2.45, 2.75) is 38.3 Å². The van der Waals surface area contributed by atoms with Crippen LogP contribution in [0.2, 0.25) is 0 Å². The molecule has 0 spiro atoms. The maximum Gasteiger partial charge on any atom is 0.303 e. The van der Waals surface area contributed by atoms with E-state index in [0.29, 0.717) is 0 Å². The molecule has 0 amide bonds. The molecule has 0 aromatic rings. The van der Waals surface area contributed by atoms with Crippen LogP contribution in [0.15, 0.2) is 0 Å². The second-order valence-corrected chi connectivity index (χ2v) is 4.45. The normalized spacial score (nSPS) is 18.5. The van der Waals surface area contributed by atoms with Crippen molar-refractivity contribution in [3.05, 3.63) is 0 Å². The highest BCUT2D eigenvalue weighted by Crippen LogP contribution is 2.17. The van der Waals surface area contributed by atoms with E-state index >= 15 is 0 Å². The van der Waals surface area contributed by atoms with Gasteiger partial charge < -0.3 is 28.4 Å². The summed E-state index contributed by atoms with van der Waals surface area (Å²) in [5.74, 6) is -1.13. The van der Waals surface area contributed by atoms with Crippen LogP contribution in [0, 0.1) is 0 Å². The van der Waals surface area contributed by atoms with Crippen LogP contribution in [0.5, 0.6) is 0 Å². The number of ether oxygens (including phenoxy) is 6. The first kappa shape index (κ1) is 18.8. The summed E-state index contributed by atoms with van der Waals surface area (Å²) in [6.07, 6.45) is -3.37. The quantitative estimate of drug-likeness (QED) is 0.497. The lowest BCUT2D eigenvalue weighted by Crippen LogP contribution is -2.51. The van der Waals surface area contributed by atoms with Gasteiger partial charge in [-0.1, -0.05) is 0 Å². The van der Waals surface area contributed by atoms with Crippen molar-refractivity contribution in [3.63, 3.8) is 0 Å². The average Bonchev–Trinajstić information content (AvgIpc) is 2.45. The predicted octanol–water partition coefficient (Wildman–Crippen LogP) is 0.173. The Balaban J connectivity index is 5.34. The van der Waals surface area contributed by atoms with E-state index < -0.39 is 42.9 Å². The van der Waals surface area contributed by atoms with Gasteiger partial charge in [0, 0.05) is 42.3 Å². The summed E-state index contributed by atoms with van der Waals surface area (Å²) >= 11 is 0. The molecule has 0 heterocycles. The van der Waals surface area contributed by atoms with Crippen molar-refractivity contribution in [1.82, 2.24) is 0 Å². The standard InChI is InChI=1S/C14H26O8/c1-9(15)21-8-11(18-4)13(19-5)14(20-6)12(7-17-3)22-10(2)16/h11-14H,7-8H2,1-6H3/t11-,12-,13-,14-/m1/s1/i8D/t8?,11-,12-,13-,14-. The summed E-state index contributed by atoms with van der Waals surface area (Å²) in [5, 5.41) is 0. The van der Waals surface area contributed by atoms with Gasteiger partial charge in [-0.25, -0.2) is 0 Å². The number of methoxy groups -OCH3 is 4. The Labute approximate surface area is 132 Å². The molecule has 1 unspecified atom stereocenters. The maximum absolute atomic E-state index is 11.3. The predicted molar refractivity (Wildman–Crippen MR) is 76.5 cm³/mol. The SMILES string of the molecule is [2H]C(OC(C)=O)[C@@H](OC)[C@@H](OC)[C@H](OC)[C@@H](COC)OC(C)=O. The molecule has 0 saturated carbocycles. The van der Waals surface area contributed by atoms with Gasteiger partial charge in [-0.2, -0.15) is 0 Å². The molecule has 0 aliphatic heterocycles. The zero-order valence-electron chi connectivity index (χ0n) is 14.9. The van der Waals surface area contributed by atoms with Crippen LogP contribution in [-0.2, 0) is 38.0 Å². The van der Waals surface area contributed by atoms with Gasteiger partial charge in [0.2, 0.25) is 0 Å². The van der Waals surface area contributed by atoms with Gasteiger partial charge in [-0.3, -0.25) is 9.59 Å². The Morgan fingerprint density at radius 2 is 1.45 bits per heavy atom. The minimum atomic E-state index is -1.33. The third-order valence-electron chi connectivity index (χ3n) is 2.85. The summed E-state index contributed by atoms with van der Waals surface area (Å²) in [6.45, 7) is 1.18. The van der Waals surface area contributed by atoms with Gasteiger partial charge >= 0.3 is 11.9 Å². The number of hydrogen-bond acceptors (Lipinski definition) is 8. The zero-order chi connectivity index (χ0) is 18.0. The minimum Gasteiger partial charge on any atom is -0.463 e. The average molecular weight is 323 g/mol. The molecule has 5 atom stereocenters. The van der Waals surface area contributed by atoms with Crippen molar-refractivity contribution in [2.24, 2.45) is 0 Å². The van der Waals surface area contributed by atoms with E-state index in [4.69, 9.17) is 29.8 Å². The van der Waals surface area contributed by atoms with Crippen LogP contribution in [-0.4, -0.2) is 78.0 Å². The molecule has 0 N–H and O–H groups in total. The molecule has 0 radical (unpaired) electrons. The van der Waals surface area contributed by atoms with Gasteiger partial charge in [-0.15, -0.1) is 0 Å². The van der Waals surface area contributed by atoms with E-state index in [-0.39, 0.29) is 6.61 Å². The van der Waals surface area contributed by atoms with Crippen LogP contribution in [0.4, 0.5) is 0 Å². The largest absolute Gasteiger partial charge is 0.463 e. The highest BCUT2D eigenvalue weighted by Gasteiger charge is 2.38. The summed E-state index contributed by atoms with van der Waals surface area (Å²) in [6, 6.07) is 0. The molecule has 130 valence electrons. The summed E-state index contributed by atoms with van der Waals surface area (Å²) < 4.78 is 38.9. The number of rotatable bonds is 11. The Hall–Kier alpha value is -1.22. The monoisotopic (exact) mass is 323 g/mol. The molecular formula is C14H26O8. The number of carbonyl (C=O) groups excluding carboxylic acids is 2. The van der Waals surface area contributed by atoms with Gasteiger partial charge in [0.05, 0.1) is 7.98 Å². The van der Waals surface area contributed by atoms with Gasteiger partial charge in [0.15, 0.2) is 6.10 Å². The molecule has 0 aromatic carbocycles. The lowest BCUT2D eigenvalue weighted by atomic mass is 10.0. The van der Waals surface area contributed by atoms with Gasteiger partial charge in [-0.05, 0) is 0 Å². The lowest BCUT2D eigenvalue weighted by Gasteiger charge is -2.34. The fraction of sp³-hybridized carbons (Fsp3) is 0.857. The van der Waals surface area contributed by atoms with E-state index in [1.54, 1.807) is 0 Å². The molecule has 0 fully saturated rings. The van der Waals surface area contributed by atoms with E-state index in [1.165, 1.54) is 42.3 Å². The number of carbonyl (C=O) groups is 2. The first-order chi connectivity index (χ1) is 10.8. The summed E-state index contributed by atoms with van der Waals surface area (Å²) in [7, 11) is 5.59. The van der Waals surface area contributed by atoms with E-state index in [1.807, 2.05) is 0 Å². The lowest BCUT2D eigenvalue weighted by molar-refractivity contribution is -0.185. The molecule has 0 aliphatic carbocycles. The van der Waals surface area contributed by atoms with Crippen LogP contribution in [0.25, 0.3) is 0 Å². The minimum absolute atomic E-state index is 0.0601. The molecule has 0 aromatic heterocycles. The highest BCUT2D eigenvalue weighted by atomic mass is 16.6. The van der Waals surface area contributed by atoms with Gasteiger partial charge in [0.25, 0.3) is 0 Å². The van der Waals surface area contributed by atoms with Crippen LogP contribution >= 0.6 is 0 Å². The van der Waals surface area contributed by atoms with Crippen molar-refractivity contribution in [1.29, 1.82) is 0 Å². The van der Waals surface area contributed by atoms with Crippen molar-refractivity contribution >= 4 is 11.9 Å². The summed E-state index contributed by atoms with van der Waals surface area (Å²) in [4.78, 5) is 22.3. The van der Waals surface area contributed by atoms with Crippen LogP contribution in [0.1, 0.15) is 15.2 Å². The molecule has 8 nitrogen and oxygen atoms in total. The fourth-order valence-corrected chi connectivity index (χ4v) is 1.96. The van der Waals surface area contributed by atoms with E-state index in [9.17, 15) is 9.59 Å². The van der Waals surface area contributed by atoms with Crippen molar-refractivity contribution < 1.29 is 39.4 Å². The third-order valence-corrected chi connectivity index (χ3v) is 2.85. The van der Waals surface area contributed by atoms with Crippen LogP contribution < -0.4 is 0 Å². The molecule has 0 saturated heterocycles. The number of hydrogen-bond donors (Lipinski definition) is 0. The Morgan fingerprint density at radius 1 is 0.909 bits per heavy atom. The van der Waals surface area contributed by atoms with Crippen molar-refractivity contribution in [3.8, 4) is 0 Å². The summed E-state index contributed by atoms with van der Waals surface area (Å²) in [5.41, 5.74) is 0. The maximum atomic E-state index is 11.3. The number of esters is 2. The second kappa shape index (κ2) is 11.4. The first-order valence-electron chi connectivity index (χ1n) is 7.24. The van der Waals surface area contributed by atoms with E-state index in [0.717, 1.165) is 0 Å². The zero-order valence-corrected chi connectivity index (χ0v) is 13.9. The van der Waals surface area contributed by atoms with Crippen molar-refractivity contribution in [2.75, 3.05) is 41.6 Å². The molecule has 8 heteroatoms. The Bertz CT molecular complexity index is 365. The van der Waals surface area contributed by atoms with E-state index in [2.05, 4.69) is 0 Å². The first-order valence-corrected chi connectivity index (χ1v) is 6.66. The molecule has 0 bridgehead atoms. The van der Waals surface area contributed by atoms with Crippen LogP contribution in [0.3, 0.4) is 0 Å². The molecule has 0 aliphatic rings. The second-order valence-electron chi connectivity index (χ2n) is 4.45. The topological polar surface area (TPSA) is 89.5 Å². The molecular weight excluding hydrogens is 296 g/mol. The third kappa shape index (κ3) is 7.17. The molecule has 0 rings (SSSR count). The Kier molecular flexibility index (Phi) is 9.72. The highest BCUT2D eigenvalue weighted by molar-refractivity contribution is 5.66. The van der Waals surface area contributed by atoms with Gasteiger partial charge in [0.1, 0.15) is 24.9 Å². The Morgan fingerprint density at radius 3 is 1.82 bits per heavy atom. The smallest absolute Gasteiger partial charge is 0.303 e. The fourth-order valence-electron chi connectivity index (χ4n) is 1.96.